The number of nitrogens with two attached hydrogens (primary N) is 1. The maximum Gasteiger partial charge on any atom is 0.227 e. The van der Waals surface area contributed by atoms with Crippen LogP contribution in [0.2, 0.25) is 0 Å². The minimum atomic E-state index is 0. The fraction of sp³-hybridized carbons (Fsp3) is 0.500. The Morgan fingerprint density at radius 1 is 1.42 bits per heavy atom. The molecule has 3 N–H and O–H groups in total. The van der Waals surface area contributed by atoms with Gasteiger partial charge in [-0.25, -0.2) is 4.68 Å². The van der Waals surface area contributed by atoms with Crippen molar-refractivity contribution in [2.75, 3.05) is 5.32 Å². The van der Waals surface area contributed by atoms with Crippen molar-refractivity contribution in [2.45, 2.75) is 45.2 Å². The van der Waals surface area contributed by atoms with E-state index < -0.39 is 0 Å². The highest BCUT2D eigenvalue weighted by atomic mass is 35.5. The van der Waals surface area contributed by atoms with E-state index >= 15 is 0 Å². The predicted octanol–water partition coefficient (Wildman–Crippen LogP) is 2.24. The highest BCUT2D eigenvalue weighted by Crippen LogP contribution is 2.25. The Kier molecular flexibility index (Phi) is 6.28. The van der Waals surface area contributed by atoms with E-state index in [2.05, 4.69) is 20.8 Å². The fourth-order valence-corrected chi connectivity index (χ4v) is 3.07. The molecule has 2 atom stereocenters. The van der Waals surface area contributed by atoms with Crippen molar-refractivity contribution in [1.82, 2.24) is 20.2 Å². The van der Waals surface area contributed by atoms with Crippen LogP contribution in [0.25, 0.3) is 11.4 Å². The zero-order chi connectivity index (χ0) is 16.2. The number of hydrogen-bond acceptors (Lipinski definition) is 5. The normalized spacial score (nSPS) is 20.2. The lowest BCUT2D eigenvalue weighted by atomic mass is 9.85. The van der Waals surface area contributed by atoms with Crippen molar-refractivity contribution < 1.29 is 4.79 Å². The summed E-state index contributed by atoms with van der Waals surface area (Å²) in [4.78, 5) is 12.4. The minimum Gasteiger partial charge on any atom is -0.328 e. The van der Waals surface area contributed by atoms with Crippen molar-refractivity contribution >= 4 is 24.0 Å². The molecular weight excluding hydrogens is 328 g/mol. The number of aromatic nitrogens is 4. The Morgan fingerprint density at radius 3 is 3.00 bits per heavy atom. The van der Waals surface area contributed by atoms with Crippen molar-refractivity contribution in [1.29, 1.82) is 0 Å². The van der Waals surface area contributed by atoms with Gasteiger partial charge < -0.3 is 11.1 Å². The molecule has 3 rings (SSSR count). The first-order chi connectivity index (χ1) is 11.2. The van der Waals surface area contributed by atoms with Gasteiger partial charge in [-0.1, -0.05) is 18.6 Å². The molecular formula is C16H23ClN6O. The van der Waals surface area contributed by atoms with Gasteiger partial charge in [0.1, 0.15) is 0 Å². The lowest BCUT2D eigenvalue weighted by molar-refractivity contribution is -0.120. The first-order valence-electron chi connectivity index (χ1n) is 8.10. The van der Waals surface area contributed by atoms with Crippen molar-refractivity contribution in [3.05, 3.63) is 24.3 Å². The van der Waals surface area contributed by atoms with Gasteiger partial charge >= 0.3 is 0 Å². The van der Waals surface area contributed by atoms with Gasteiger partial charge in [-0.05, 0) is 48.7 Å². The molecule has 1 aliphatic carbocycles. The lowest BCUT2D eigenvalue weighted by Crippen LogP contribution is -2.34. The average Bonchev–Trinajstić information content (AvgIpc) is 3.04. The third kappa shape index (κ3) is 4.10. The molecule has 0 bridgehead atoms. The van der Waals surface area contributed by atoms with Crippen molar-refractivity contribution in [3.8, 4) is 11.4 Å². The van der Waals surface area contributed by atoms with Crippen LogP contribution in [0.3, 0.4) is 0 Å². The fourth-order valence-electron chi connectivity index (χ4n) is 3.07. The number of aryl methyl sites for hydroxylation is 1. The quantitative estimate of drug-likeness (QED) is 0.881. The standard InChI is InChI=1S/C16H22N6O.ClH/c1-2-22-15(19-20-21-22)11-5-4-8-14(10-11)18-16(23)12-6-3-7-13(17)9-12;/h4-5,8,10,12-13H,2-3,6-7,9,17H2,1H3,(H,18,23);1H. The summed E-state index contributed by atoms with van der Waals surface area (Å²) in [5.74, 6) is 0.749. The molecule has 1 aromatic carbocycles. The molecule has 130 valence electrons. The Hall–Kier alpha value is -1.99. The third-order valence-electron chi connectivity index (χ3n) is 4.31. The van der Waals surface area contributed by atoms with Gasteiger partial charge in [-0.2, -0.15) is 0 Å². The number of halogens is 1. The molecule has 1 fully saturated rings. The number of nitrogens with zero attached hydrogens (tertiary/aromatic N) is 4. The predicted molar refractivity (Wildman–Crippen MR) is 94.7 cm³/mol. The van der Waals surface area contributed by atoms with Crippen LogP contribution in [0, 0.1) is 5.92 Å². The second kappa shape index (κ2) is 8.21. The van der Waals surface area contributed by atoms with Gasteiger partial charge in [0, 0.05) is 29.8 Å². The van der Waals surface area contributed by atoms with Crippen molar-refractivity contribution in [2.24, 2.45) is 11.7 Å². The summed E-state index contributed by atoms with van der Waals surface area (Å²) in [5, 5.41) is 14.7. The molecule has 0 spiro atoms. The summed E-state index contributed by atoms with van der Waals surface area (Å²) in [6, 6.07) is 7.75. The summed E-state index contributed by atoms with van der Waals surface area (Å²) >= 11 is 0. The first kappa shape index (κ1) is 18.4. The molecule has 0 saturated heterocycles. The second-order valence-electron chi connectivity index (χ2n) is 6.01. The van der Waals surface area contributed by atoms with E-state index in [4.69, 9.17) is 5.73 Å². The van der Waals surface area contributed by atoms with Crippen molar-refractivity contribution in [3.63, 3.8) is 0 Å². The zero-order valence-electron chi connectivity index (χ0n) is 13.7. The Balaban J connectivity index is 0.00000208. The summed E-state index contributed by atoms with van der Waals surface area (Å²) in [6.07, 6.45) is 3.70. The van der Waals surface area contributed by atoms with Crippen LogP contribution >= 0.6 is 12.4 Å². The smallest absolute Gasteiger partial charge is 0.227 e. The largest absolute Gasteiger partial charge is 0.328 e. The van der Waals surface area contributed by atoms with E-state index in [0.29, 0.717) is 12.4 Å². The van der Waals surface area contributed by atoms with E-state index in [9.17, 15) is 4.79 Å². The van der Waals surface area contributed by atoms with E-state index in [-0.39, 0.29) is 30.3 Å². The number of hydrogen-bond donors (Lipinski definition) is 2. The minimum absolute atomic E-state index is 0. The second-order valence-corrected chi connectivity index (χ2v) is 6.01. The molecule has 24 heavy (non-hydrogen) atoms. The number of amides is 1. The molecule has 2 aromatic rings. The summed E-state index contributed by atoms with van der Waals surface area (Å²) in [5.41, 5.74) is 7.62. The number of anilines is 1. The van der Waals surface area contributed by atoms with Gasteiger partial charge in [0.15, 0.2) is 5.82 Å². The number of carbonyl (C=O) groups is 1. The highest BCUT2D eigenvalue weighted by molar-refractivity contribution is 5.93. The number of nitrogens with one attached hydrogen (secondary N) is 1. The lowest BCUT2D eigenvalue weighted by Gasteiger charge is -2.25. The Bertz CT molecular complexity index is 689. The summed E-state index contributed by atoms with van der Waals surface area (Å²) in [7, 11) is 0. The summed E-state index contributed by atoms with van der Waals surface area (Å²) in [6.45, 7) is 2.68. The highest BCUT2D eigenvalue weighted by Gasteiger charge is 2.25. The topological polar surface area (TPSA) is 98.7 Å². The number of carbonyl (C=O) groups excluding carboxylic acids is 1. The van der Waals surface area contributed by atoms with Crippen LogP contribution in [0.5, 0.6) is 0 Å². The molecule has 0 radical (unpaired) electrons. The van der Waals surface area contributed by atoms with Gasteiger partial charge in [-0.3, -0.25) is 4.79 Å². The first-order valence-corrected chi connectivity index (χ1v) is 8.10. The zero-order valence-corrected chi connectivity index (χ0v) is 14.5. The number of tetrazole rings is 1. The van der Waals surface area contributed by atoms with E-state index in [1.165, 1.54) is 0 Å². The molecule has 1 amide bonds. The summed E-state index contributed by atoms with van der Waals surface area (Å²) < 4.78 is 1.72. The third-order valence-corrected chi connectivity index (χ3v) is 4.31. The van der Waals surface area contributed by atoms with Gasteiger partial charge in [-0.15, -0.1) is 17.5 Å². The molecule has 8 heteroatoms. The Labute approximate surface area is 147 Å². The van der Waals surface area contributed by atoms with Gasteiger partial charge in [0.05, 0.1) is 0 Å². The maximum absolute atomic E-state index is 12.4. The SMILES string of the molecule is CCn1nnnc1-c1cccc(NC(=O)C2CCCC(N)C2)c1.Cl. The molecule has 7 nitrogen and oxygen atoms in total. The van der Waals surface area contributed by atoms with Crippen LogP contribution in [0.4, 0.5) is 5.69 Å². The molecule has 0 aliphatic heterocycles. The van der Waals surface area contributed by atoms with E-state index in [0.717, 1.165) is 36.9 Å². The Morgan fingerprint density at radius 2 is 2.25 bits per heavy atom. The average molecular weight is 351 g/mol. The molecule has 1 aliphatic rings. The number of benzene rings is 1. The van der Waals surface area contributed by atoms with Crippen LogP contribution in [-0.2, 0) is 11.3 Å². The molecule has 1 saturated carbocycles. The van der Waals surface area contributed by atoms with E-state index in [1.807, 2.05) is 31.2 Å². The van der Waals surface area contributed by atoms with Gasteiger partial charge in [0.2, 0.25) is 5.91 Å². The van der Waals surface area contributed by atoms with E-state index in [1.54, 1.807) is 4.68 Å². The monoisotopic (exact) mass is 350 g/mol. The van der Waals surface area contributed by atoms with Crippen LogP contribution in [-0.4, -0.2) is 32.2 Å². The van der Waals surface area contributed by atoms with Crippen LogP contribution in [0.15, 0.2) is 24.3 Å². The molecule has 1 heterocycles. The van der Waals surface area contributed by atoms with Crippen LogP contribution < -0.4 is 11.1 Å². The molecule has 2 unspecified atom stereocenters. The maximum atomic E-state index is 12.4. The van der Waals surface area contributed by atoms with Gasteiger partial charge in [0.25, 0.3) is 0 Å². The molecule has 1 aromatic heterocycles. The van der Waals surface area contributed by atoms with Crippen LogP contribution in [0.1, 0.15) is 32.6 Å². The number of rotatable bonds is 4.